The molecule has 0 spiro atoms. The van der Waals surface area contributed by atoms with Crippen LogP contribution < -0.4 is 0 Å². The molecule has 0 N–H and O–H groups in total. The Balaban J connectivity index is 2.73. The predicted octanol–water partition coefficient (Wildman–Crippen LogP) is 1.48. The fourth-order valence-electron chi connectivity index (χ4n) is 0.217. The van der Waals surface area contributed by atoms with Gasteiger partial charge in [-0.25, -0.2) is 0 Å². The van der Waals surface area contributed by atoms with Gasteiger partial charge in [0.15, 0.2) is 0 Å². The SMILES string of the molecule is FC1=NC(F)=C1F. The van der Waals surface area contributed by atoms with Crippen LogP contribution >= 0.6 is 0 Å². The zero-order valence-corrected chi connectivity index (χ0v) is 3.08. The summed E-state index contributed by atoms with van der Waals surface area (Å²) in [6.07, 6.45) is 0. The molecule has 0 atom stereocenters. The predicted molar refractivity (Wildman–Crippen MR) is 17.8 cm³/mol. The zero-order valence-electron chi connectivity index (χ0n) is 3.08. The number of halogens is 3. The Morgan fingerprint density at radius 2 is 1.71 bits per heavy atom. The standard InChI is InChI=1S/C3F3N/c4-1-2(5)7-3(1)6. The molecule has 0 aromatic carbocycles. The molecule has 1 heterocycles. The minimum absolute atomic E-state index is 1.35. The summed E-state index contributed by atoms with van der Waals surface area (Å²) in [7, 11) is 0. The molecule has 1 aliphatic heterocycles. The van der Waals surface area contributed by atoms with E-state index in [2.05, 4.69) is 4.99 Å². The van der Waals surface area contributed by atoms with Crippen molar-refractivity contribution in [1.82, 2.24) is 0 Å². The molecule has 0 saturated heterocycles. The van der Waals surface area contributed by atoms with Gasteiger partial charge >= 0.3 is 0 Å². The molecular weight excluding hydrogens is 107 g/mol. The highest BCUT2D eigenvalue weighted by molar-refractivity contribution is 5.96. The lowest BCUT2D eigenvalue weighted by atomic mass is 10.5. The Morgan fingerprint density at radius 1 is 1.14 bits per heavy atom. The molecule has 0 aromatic heterocycles. The van der Waals surface area contributed by atoms with Gasteiger partial charge in [-0.05, 0) is 0 Å². The van der Waals surface area contributed by atoms with E-state index in [1.165, 1.54) is 0 Å². The first kappa shape index (κ1) is 4.36. The number of allylic oxidation sites excluding steroid dienone is 1. The number of rotatable bonds is 0. The average Bonchev–Trinajstić information content (AvgIpc) is 1.68. The van der Waals surface area contributed by atoms with Crippen molar-refractivity contribution in [3.05, 3.63) is 11.8 Å². The van der Waals surface area contributed by atoms with Crippen LogP contribution in [0.3, 0.4) is 0 Å². The summed E-state index contributed by atoms with van der Waals surface area (Å²) in [5, 5.41) is 0. The van der Waals surface area contributed by atoms with Crippen LogP contribution in [-0.2, 0) is 0 Å². The summed E-state index contributed by atoms with van der Waals surface area (Å²) < 4.78 is 33.8. The monoisotopic (exact) mass is 107 g/mol. The molecule has 1 aliphatic rings. The van der Waals surface area contributed by atoms with E-state index in [0.717, 1.165) is 0 Å². The smallest absolute Gasteiger partial charge is 0.197 e. The van der Waals surface area contributed by atoms with Gasteiger partial charge in [-0.1, -0.05) is 0 Å². The number of aliphatic imine (C=N–C) groups is 1. The van der Waals surface area contributed by atoms with Gasteiger partial charge in [0.25, 0.3) is 11.9 Å². The van der Waals surface area contributed by atoms with E-state index in [-0.39, 0.29) is 0 Å². The Labute approximate surface area is 37.2 Å². The summed E-state index contributed by atoms with van der Waals surface area (Å²) in [4.78, 5) is 2.39. The molecule has 0 fully saturated rings. The molecule has 0 aliphatic carbocycles. The van der Waals surface area contributed by atoms with Gasteiger partial charge in [-0.15, -0.1) is 0 Å². The molecule has 0 bridgehead atoms. The summed E-state index contributed by atoms with van der Waals surface area (Å²) in [6.45, 7) is 0. The normalized spacial score (nSPS) is 19.0. The fraction of sp³-hybridized carbons (Fsp3) is 0. The minimum atomic E-state index is -1.47. The molecule has 0 saturated carbocycles. The average molecular weight is 107 g/mol. The molecule has 38 valence electrons. The Kier molecular flexibility index (Phi) is 0.675. The first-order chi connectivity index (χ1) is 3.22. The van der Waals surface area contributed by atoms with Crippen LogP contribution in [0.25, 0.3) is 0 Å². The van der Waals surface area contributed by atoms with Crippen molar-refractivity contribution in [2.45, 2.75) is 0 Å². The maximum absolute atomic E-state index is 11.3. The maximum atomic E-state index is 11.3. The van der Waals surface area contributed by atoms with Crippen LogP contribution in [-0.4, -0.2) is 5.97 Å². The molecule has 4 heteroatoms. The fourth-order valence-corrected chi connectivity index (χ4v) is 0.217. The quantitative estimate of drug-likeness (QED) is 0.415. The third kappa shape index (κ3) is 0.424. The number of hydrogen-bond acceptors (Lipinski definition) is 1. The van der Waals surface area contributed by atoms with Gasteiger partial charge in [0.2, 0.25) is 5.83 Å². The van der Waals surface area contributed by atoms with Crippen LogP contribution in [0.2, 0.25) is 0 Å². The van der Waals surface area contributed by atoms with Crippen LogP contribution in [0.4, 0.5) is 13.2 Å². The van der Waals surface area contributed by atoms with Crippen molar-refractivity contribution in [3.8, 4) is 0 Å². The van der Waals surface area contributed by atoms with Crippen molar-refractivity contribution in [2.24, 2.45) is 4.99 Å². The van der Waals surface area contributed by atoms with Crippen LogP contribution in [0.1, 0.15) is 0 Å². The van der Waals surface area contributed by atoms with Crippen molar-refractivity contribution in [1.29, 1.82) is 0 Å². The highest BCUT2D eigenvalue weighted by atomic mass is 19.2. The van der Waals surface area contributed by atoms with Gasteiger partial charge in [0, 0.05) is 0 Å². The molecule has 1 nitrogen and oxygen atoms in total. The van der Waals surface area contributed by atoms with Crippen LogP contribution in [0.5, 0.6) is 0 Å². The van der Waals surface area contributed by atoms with Gasteiger partial charge in [-0.3, -0.25) is 0 Å². The van der Waals surface area contributed by atoms with E-state index in [9.17, 15) is 13.2 Å². The van der Waals surface area contributed by atoms with Crippen molar-refractivity contribution < 1.29 is 13.2 Å². The highest BCUT2D eigenvalue weighted by Gasteiger charge is 2.22. The van der Waals surface area contributed by atoms with E-state index < -0.39 is 17.7 Å². The molecular formula is C3F3N. The number of hydrogen-bond donors (Lipinski definition) is 0. The first-order valence-corrected chi connectivity index (χ1v) is 1.51. The second-order valence-corrected chi connectivity index (χ2v) is 1.01. The van der Waals surface area contributed by atoms with Crippen LogP contribution in [0.15, 0.2) is 16.8 Å². The zero-order chi connectivity index (χ0) is 5.44. The van der Waals surface area contributed by atoms with Crippen molar-refractivity contribution in [2.75, 3.05) is 0 Å². The topological polar surface area (TPSA) is 12.4 Å². The summed E-state index contributed by atoms with van der Waals surface area (Å²) in [5.41, 5.74) is 0. The van der Waals surface area contributed by atoms with Gasteiger partial charge in [0.05, 0.1) is 0 Å². The van der Waals surface area contributed by atoms with E-state index in [1.54, 1.807) is 0 Å². The summed E-state index contributed by atoms with van der Waals surface area (Å²) in [6, 6.07) is 0. The third-order valence-corrected chi connectivity index (χ3v) is 0.559. The van der Waals surface area contributed by atoms with Gasteiger partial charge in [0.1, 0.15) is 0 Å². The van der Waals surface area contributed by atoms with Crippen molar-refractivity contribution >= 4 is 5.97 Å². The van der Waals surface area contributed by atoms with E-state index in [4.69, 9.17) is 0 Å². The Hall–Kier alpha value is -0.800. The molecule has 0 unspecified atom stereocenters. The van der Waals surface area contributed by atoms with E-state index >= 15 is 0 Å². The lowest BCUT2D eigenvalue weighted by Gasteiger charge is -1.98. The van der Waals surface area contributed by atoms with E-state index in [0.29, 0.717) is 0 Å². The Morgan fingerprint density at radius 3 is 1.71 bits per heavy atom. The molecule has 0 amide bonds. The molecule has 1 rings (SSSR count). The second kappa shape index (κ2) is 1.08. The molecule has 7 heavy (non-hydrogen) atoms. The third-order valence-electron chi connectivity index (χ3n) is 0.559. The molecule has 0 aromatic rings. The summed E-state index contributed by atoms with van der Waals surface area (Å²) in [5.74, 6) is -4.17. The van der Waals surface area contributed by atoms with Gasteiger partial charge < -0.3 is 0 Å². The lowest BCUT2D eigenvalue weighted by Crippen LogP contribution is -2.01. The lowest BCUT2D eigenvalue weighted by molar-refractivity contribution is 0.509. The summed E-state index contributed by atoms with van der Waals surface area (Å²) >= 11 is 0. The highest BCUT2D eigenvalue weighted by Crippen LogP contribution is 2.21. The first-order valence-electron chi connectivity index (χ1n) is 1.51. The minimum Gasteiger partial charge on any atom is -0.197 e. The molecule has 0 radical (unpaired) electrons. The largest absolute Gasteiger partial charge is 0.256 e. The van der Waals surface area contributed by atoms with Crippen LogP contribution in [0, 0.1) is 0 Å². The number of nitrogens with zero attached hydrogens (tertiary/aromatic N) is 1. The second-order valence-electron chi connectivity index (χ2n) is 1.01. The maximum Gasteiger partial charge on any atom is 0.256 e. The van der Waals surface area contributed by atoms with Crippen molar-refractivity contribution in [3.63, 3.8) is 0 Å². The van der Waals surface area contributed by atoms with E-state index in [1.807, 2.05) is 0 Å². The Bertz CT molecular complexity index is 158. The van der Waals surface area contributed by atoms with Gasteiger partial charge in [-0.2, -0.15) is 18.2 Å².